The van der Waals surface area contributed by atoms with E-state index in [-0.39, 0.29) is 4.70 Å². The molecule has 0 saturated heterocycles. The number of halogens is 1. The van der Waals surface area contributed by atoms with Crippen molar-refractivity contribution in [2.75, 3.05) is 7.11 Å². The Morgan fingerprint density at radius 2 is 1.71 bits per heavy atom. The molecule has 0 spiro atoms. The lowest BCUT2D eigenvalue weighted by atomic mass is 11.8. The van der Waals surface area contributed by atoms with Crippen LogP contribution in [-0.4, -0.2) is 20.1 Å². The Balaban J connectivity index is 0. The zero-order valence-electron chi connectivity index (χ0n) is 3.49. The summed E-state index contributed by atoms with van der Waals surface area (Å²) >= 11 is 0. The Morgan fingerprint density at radius 1 is 1.57 bits per heavy atom. The van der Waals surface area contributed by atoms with E-state index >= 15 is 0 Å². The normalized spacial score (nSPS) is 10.0. The first-order valence-electron chi connectivity index (χ1n) is 1.09. The van der Waals surface area contributed by atoms with E-state index in [4.69, 9.17) is 4.55 Å². The number of hydrogen-bond donors (Lipinski definition) is 1. The summed E-state index contributed by atoms with van der Waals surface area (Å²) in [6.45, 7) is 0. The molecule has 0 atom stereocenters. The zero-order valence-corrected chi connectivity index (χ0v) is 4.30. The van der Waals surface area contributed by atoms with Gasteiger partial charge in [0.1, 0.15) is 0 Å². The molecule has 4 nitrogen and oxygen atoms in total. The van der Waals surface area contributed by atoms with Crippen molar-refractivity contribution >= 4 is 10.4 Å². The minimum absolute atomic E-state index is 0. The zero-order chi connectivity index (χ0) is 5.21. The highest BCUT2D eigenvalue weighted by atomic mass is 32.3. The standard InChI is InChI=1S/CH4O4S.FH/c1-5-6(2,3)4;/h1H3,(H,2,3,4);1H. The highest BCUT2D eigenvalue weighted by Gasteiger charge is 1.93. The fraction of sp³-hybridized carbons (Fsp3) is 1.00. The van der Waals surface area contributed by atoms with E-state index in [2.05, 4.69) is 4.18 Å². The highest BCUT2D eigenvalue weighted by Crippen LogP contribution is 1.74. The third-order valence-corrected chi connectivity index (χ3v) is 0.632. The van der Waals surface area contributed by atoms with Gasteiger partial charge in [-0.3, -0.25) is 13.4 Å². The summed E-state index contributed by atoms with van der Waals surface area (Å²) in [6, 6.07) is 0. The van der Waals surface area contributed by atoms with E-state index in [1.54, 1.807) is 0 Å². The molecular weight excluding hydrogens is 127 g/mol. The lowest BCUT2D eigenvalue weighted by Crippen LogP contribution is -1.96. The minimum atomic E-state index is -4.16. The van der Waals surface area contributed by atoms with Gasteiger partial charge < -0.3 is 0 Å². The molecule has 1 N–H and O–H groups in total. The molecule has 0 rings (SSSR count). The van der Waals surface area contributed by atoms with Crippen LogP contribution in [0.5, 0.6) is 0 Å². The van der Waals surface area contributed by atoms with Crippen LogP contribution in [0.25, 0.3) is 0 Å². The monoisotopic (exact) mass is 132 g/mol. The van der Waals surface area contributed by atoms with Crippen LogP contribution in [0.2, 0.25) is 0 Å². The topological polar surface area (TPSA) is 63.6 Å². The first-order valence-corrected chi connectivity index (χ1v) is 2.46. The number of hydrogen-bond acceptors (Lipinski definition) is 3. The van der Waals surface area contributed by atoms with E-state index in [9.17, 15) is 8.42 Å². The van der Waals surface area contributed by atoms with Gasteiger partial charge in [-0.1, -0.05) is 0 Å². The molecule has 0 aromatic rings. The van der Waals surface area contributed by atoms with Crippen molar-refractivity contribution in [1.29, 1.82) is 0 Å². The summed E-state index contributed by atoms with van der Waals surface area (Å²) in [7, 11) is -3.29. The maximum Gasteiger partial charge on any atom is 0.397 e. The van der Waals surface area contributed by atoms with Gasteiger partial charge in [0.05, 0.1) is 7.11 Å². The van der Waals surface area contributed by atoms with Crippen molar-refractivity contribution in [1.82, 2.24) is 0 Å². The summed E-state index contributed by atoms with van der Waals surface area (Å²) in [5.41, 5.74) is 0. The first-order chi connectivity index (χ1) is 2.56. The molecule has 46 valence electrons. The number of rotatable bonds is 1. The van der Waals surface area contributed by atoms with E-state index in [0.29, 0.717) is 0 Å². The molecule has 0 heterocycles. The van der Waals surface area contributed by atoms with Gasteiger partial charge in [0, 0.05) is 0 Å². The maximum absolute atomic E-state index is 9.33. The van der Waals surface area contributed by atoms with Crippen LogP contribution in [0.1, 0.15) is 0 Å². The Kier molecular flexibility index (Phi) is 4.10. The van der Waals surface area contributed by atoms with Gasteiger partial charge in [0.15, 0.2) is 0 Å². The Labute approximate surface area is 40.4 Å². The summed E-state index contributed by atoms with van der Waals surface area (Å²) in [6.07, 6.45) is 0. The summed E-state index contributed by atoms with van der Waals surface area (Å²) in [5.74, 6) is 0. The van der Waals surface area contributed by atoms with E-state index < -0.39 is 10.4 Å². The average molecular weight is 132 g/mol. The molecule has 0 saturated carbocycles. The highest BCUT2D eigenvalue weighted by molar-refractivity contribution is 7.80. The molecule has 0 amide bonds. The molecular formula is CH5FO4S. The van der Waals surface area contributed by atoms with Crippen LogP contribution in [0.15, 0.2) is 0 Å². The van der Waals surface area contributed by atoms with Crippen LogP contribution >= 0.6 is 0 Å². The third-order valence-electron chi connectivity index (χ3n) is 0.211. The van der Waals surface area contributed by atoms with Crippen LogP contribution in [0.4, 0.5) is 4.70 Å². The van der Waals surface area contributed by atoms with Gasteiger partial charge in [-0.05, 0) is 0 Å². The fourth-order valence-electron chi connectivity index (χ4n) is 0. The molecule has 0 aliphatic carbocycles. The van der Waals surface area contributed by atoms with Crippen molar-refractivity contribution in [3.8, 4) is 0 Å². The fourth-order valence-corrected chi connectivity index (χ4v) is 0. The molecule has 0 aliphatic heterocycles. The molecule has 0 aromatic heterocycles. The van der Waals surface area contributed by atoms with Crippen LogP contribution < -0.4 is 0 Å². The van der Waals surface area contributed by atoms with E-state index in [1.165, 1.54) is 0 Å². The van der Waals surface area contributed by atoms with Crippen molar-refractivity contribution in [3.05, 3.63) is 0 Å². The molecule has 7 heavy (non-hydrogen) atoms. The second-order valence-electron chi connectivity index (χ2n) is 0.594. The van der Waals surface area contributed by atoms with E-state index in [0.717, 1.165) is 7.11 Å². The summed E-state index contributed by atoms with van der Waals surface area (Å²) in [4.78, 5) is 0. The minimum Gasteiger partial charge on any atom is -0.269 e. The van der Waals surface area contributed by atoms with Gasteiger partial charge >= 0.3 is 10.4 Å². The Bertz CT molecular complexity index is 114. The smallest absolute Gasteiger partial charge is 0.269 e. The first kappa shape index (κ1) is 9.93. The van der Waals surface area contributed by atoms with Crippen molar-refractivity contribution in [2.24, 2.45) is 0 Å². The van der Waals surface area contributed by atoms with Crippen LogP contribution in [-0.2, 0) is 14.6 Å². The van der Waals surface area contributed by atoms with Crippen molar-refractivity contribution in [2.45, 2.75) is 0 Å². The second-order valence-corrected chi connectivity index (χ2v) is 1.78. The predicted octanol–water partition coefficient (Wildman–Crippen LogP) is -0.412. The quantitative estimate of drug-likeness (QED) is 0.492. The Hall–Kier alpha value is -0.200. The van der Waals surface area contributed by atoms with Gasteiger partial charge in [0.2, 0.25) is 0 Å². The average Bonchev–Trinajstić information content (AvgIpc) is 1.35. The molecule has 0 radical (unpaired) electrons. The molecule has 0 fully saturated rings. The Morgan fingerprint density at radius 3 is 1.71 bits per heavy atom. The van der Waals surface area contributed by atoms with Gasteiger partial charge in [-0.2, -0.15) is 8.42 Å². The molecule has 6 heteroatoms. The SMILES string of the molecule is COS(=O)(=O)O.F. The predicted molar refractivity (Wildman–Crippen MR) is 21.1 cm³/mol. The molecule has 0 aromatic carbocycles. The molecule has 0 aliphatic rings. The van der Waals surface area contributed by atoms with Gasteiger partial charge in [-0.25, -0.2) is 0 Å². The maximum atomic E-state index is 9.33. The van der Waals surface area contributed by atoms with Crippen LogP contribution in [0.3, 0.4) is 0 Å². The lowest BCUT2D eigenvalue weighted by molar-refractivity contribution is 0.324. The van der Waals surface area contributed by atoms with Gasteiger partial charge in [-0.15, -0.1) is 0 Å². The molecule has 0 bridgehead atoms. The van der Waals surface area contributed by atoms with Crippen molar-refractivity contribution < 1.29 is 21.9 Å². The van der Waals surface area contributed by atoms with Crippen LogP contribution in [0, 0.1) is 0 Å². The summed E-state index contributed by atoms with van der Waals surface area (Å²) < 4.78 is 29.7. The van der Waals surface area contributed by atoms with Crippen molar-refractivity contribution in [3.63, 3.8) is 0 Å². The lowest BCUT2D eigenvalue weighted by Gasteiger charge is -1.82. The van der Waals surface area contributed by atoms with Gasteiger partial charge in [0.25, 0.3) is 0 Å². The third kappa shape index (κ3) is 10.7. The largest absolute Gasteiger partial charge is 0.397 e. The second kappa shape index (κ2) is 2.89. The molecule has 0 unspecified atom stereocenters. The summed E-state index contributed by atoms with van der Waals surface area (Å²) in [5, 5.41) is 0. The van der Waals surface area contributed by atoms with E-state index in [1.807, 2.05) is 0 Å².